The summed E-state index contributed by atoms with van der Waals surface area (Å²) in [5.41, 5.74) is 9.88. The second-order valence-electron chi connectivity index (χ2n) is 4.66. The third kappa shape index (κ3) is 2.70. The van der Waals surface area contributed by atoms with Crippen LogP contribution in [0.25, 0.3) is 0 Å². The van der Waals surface area contributed by atoms with E-state index in [1.807, 2.05) is 25.6 Å². The third-order valence-electron chi connectivity index (χ3n) is 3.36. The average molecular weight is 337 g/mol. The van der Waals surface area contributed by atoms with Gasteiger partial charge in [0.25, 0.3) is 5.91 Å². The first-order valence-corrected chi connectivity index (χ1v) is 7.02. The predicted molar refractivity (Wildman–Crippen MR) is 82.4 cm³/mol. The predicted octanol–water partition coefficient (Wildman–Crippen LogP) is 2.31. The summed E-state index contributed by atoms with van der Waals surface area (Å²) >= 11 is 3.34. The van der Waals surface area contributed by atoms with Crippen LogP contribution >= 0.6 is 15.9 Å². The van der Waals surface area contributed by atoms with Crippen LogP contribution in [-0.4, -0.2) is 15.7 Å². The number of hydrogen-bond acceptors (Lipinski definition) is 3. The molecule has 20 heavy (non-hydrogen) atoms. The maximum atomic E-state index is 12.2. The molecule has 0 aliphatic carbocycles. The zero-order valence-electron chi connectivity index (χ0n) is 11.7. The SMILES string of the molecule is Cc1nn(C)c(C)c1CNC(=O)c1cccc(N)c1Br. The van der Waals surface area contributed by atoms with Crippen molar-refractivity contribution < 1.29 is 4.79 Å². The molecule has 0 spiro atoms. The Kier molecular flexibility index (Phi) is 4.13. The Hall–Kier alpha value is -1.82. The smallest absolute Gasteiger partial charge is 0.252 e. The fourth-order valence-corrected chi connectivity index (χ4v) is 2.51. The molecule has 0 saturated heterocycles. The van der Waals surface area contributed by atoms with Crippen molar-refractivity contribution in [3.63, 3.8) is 0 Å². The Balaban J connectivity index is 2.15. The molecule has 3 N–H and O–H groups in total. The number of aromatic nitrogens is 2. The van der Waals surface area contributed by atoms with E-state index in [0.29, 0.717) is 22.3 Å². The molecule has 1 aromatic carbocycles. The first kappa shape index (κ1) is 14.6. The summed E-state index contributed by atoms with van der Waals surface area (Å²) in [4.78, 5) is 12.2. The molecular formula is C14H17BrN4O. The number of carbonyl (C=O) groups excluding carboxylic acids is 1. The largest absolute Gasteiger partial charge is 0.398 e. The van der Waals surface area contributed by atoms with Gasteiger partial charge < -0.3 is 11.1 Å². The van der Waals surface area contributed by atoms with Gasteiger partial charge in [0.05, 0.1) is 15.7 Å². The Morgan fingerprint density at radius 1 is 1.45 bits per heavy atom. The Bertz CT molecular complexity index is 663. The lowest BCUT2D eigenvalue weighted by Crippen LogP contribution is -2.24. The second-order valence-corrected chi connectivity index (χ2v) is 5.46. The van der Waals surface area contributed by atoms with Crippen LogP contribution in [0.1, 0.15) is 27.3 Å². The van der Waals surface area contributed by atoms with E-state index in [-0.39, 0.29) is 5.91 Å². The maximum Gasteiger partial charge on any atom is 0.252 e. The van der Waals surface area contributed by atoms with Gasteiger partial charge in [-0.05, 0) is 41.9 Å². The van der Waals surface area contributed by atoms with Gasteiger partial charge in [-0.2, -0.15) is 5.10 Å². The quantitative estimate of drug-likeness (QED) is 0.844. The Labute approximate surface area is 126 Å². The lowest BCUT2D eigenvalue weighted by Gasteiger charge is -2.08. The molecule has 6 heteroatoms. The molecule has 5 nitrogen and oxygen atoms in total. The summed E-state index contributed by atoms with van der Waals surface area (Å²) in [7, 11) is 1.89. The number of aryl methyl sites for hydroxylation is 2. The van der Waals surface area contributed by atoms with Gasteiger partial charge in [0.1, 0.15) is 0 Å². The van der Waals surface area contributed by atoms with E-state index in [9.17, 15) is 4.79 Å². The number of halogens is 1. The molecule has 1 aromatic heterocycles. The minimum absolute atomic E-state index is 0.160. The van der Waals surface area contributed by atoms with Crippen LogP contribution in [-0.2, 0) is 13.6 Å². The Morgan fingerprint density at radius 2 is 2.15 bits per heavy atom. The number of anilines is 1. The van der Waals surface area contributed by atoms with Crippen LogP contribution < -0.4 is 11.1 Å². The highest BCUT2D eigenvalue weighted by Crippen LogP contribution is 2.23. The molecule has 0 bridgehead atoms. The molecule has 2 rings (SSSR count). The molecule has 2 aromatic rings. The fourth-order valence-electron chi connectivity index (χ4n) is 2.06. The summed E-state index contributed by atoms with van der Waals surface area (Å²) in [5.74, 6) is -0.160. The van der Waals surface area contributed by atoms with Crippen molar-refractivity contribution in [2.24, 2.45) is 7.05 Å². The highest BCUT2D eigenvalue weighted by molar-refractivity contribution is 9.10. The van der Waals surface area contributed by atoms with Gasteiger partial charge in [0.2, 0.25) is 0 Å². The van der Waals surface area contributed by atoms with Crippen molar-refractivity contribution in [3.05, 3.63) is 45.2 Å². The molecule has 1 amide bonds. The fraction of sp³-hybridized carbons (Fsp3) is 0.286. The zero-order chi connectivity index (χ0) is 14.9. The monoisotopic (exact) mass is 336 g/mol. The molecule has 0 radical (unpaired) electrons. The lowest BCUT2D eigenvalue weighted by molar-refractivity contribution is 0.0950. The van der Waals surface area contributed by atoms with Crippen molar-refractivity contribution in [1.82, 2.24) is 15.1 Å². The number of nitrogens with one attached hydrogen (secondary N) is 1. The highest BCUT2D eigenvalue weighted by Gasteiger charge is 2.14. The van der Waals surface area contributed by atoms with Crippen LogP contribution in [0.3, 0.4) is 0 Å². The Morgan fingerprint density at radius 3 is 2.75 bits per heavy atom. The molecule has 0 saturated carbocycles. The van der Waals surface area contributed by atoms with E-state index in [0.717, 1.165) is 17.0 Å². The molecule has 0 unspecified atom stereocenters. The number of benzene rings is 1. The summed E-state index contributed by atoms with van der Waals surface area (Å²) in [6, 6.07) is 5.24. The molecule has 0 aliphatic rings. The average Bonchev–Trinajstić information content (AvgIpc) is 2.64. The third-order valence-corrected chi connectivity index (χ3v) is 4.24. The number of hydrogen-bond donors (Lipinski definition) is 2. The molecule has 106 valence electrons. The minimum Gasteiger partial charge on any atom is -0.398 e. The number of amides is 1. The van der Waals surface area contributed by atoms with E-state index in [2.05, 4.69) is 26.3 Å². The molecular weight excluding hydrogens is 320 g/mol. The van der Waals surface area contributed by atoms with Crippen LogP contribution in [0.2, 0.25) is 0 Å². The maximum absolute atomic E-state index is 12.2. The van der Waals surface area contributed by atoms with Crippen molar-refractivity contribution in [2.75, 3.05) is 5.73 Å². The molecule has 0 fully saturated rings. The highest BCUT2D eigenvalue weighted by atomic mass is 79.9. The van der Waals surface area contributed by atoms with Crippen LogP contribution in [0.15, 0.2) is 22.7 Å². The first-order valence-electron chi connectivity index (χ1n) is 6.23. The number of nitrogen functional groups attached to an aromatic ring is 1. The van der Waals surface area contributed by atoms with Crippen molar-refractivity contribution >= 4 is 27.5 Å². The van der Waals surface area contributed by atoms with Crippen LogP contribution in [0.4, 0.5) is 5.69 Å². The van der Waals surface area contributed by atoms with E-state index in [1.165, 1.54) is 0 Å². The zero-order valence-corrected chi connectivity index (χ0v) is 13.3. The van der Waals surface area contributed by atoms with Crippen LogP contribution in [0, 0.1) is 13.8 Å². The van der Waals surface area contributed by atoms with Crippen molar-refractivity contribution in [1.29, 1.82) is 0 Å². The van der Waals surface area contributed by atoms with E-state index >= 15 is 0 Å². The standard InChI is InChI=1S/C14H17BrN4O/c1-8-11(9(2)19(3)18-8)7-17-14(20)10-5-4-6-12(16)13(10)15/h4-6H,7,16H2,1-3H3,(H,17,20). The molecule has 0 atom stereocenters. The summed E-state index contributed by atoms with van der Waals surface area (Å²) in [6.45, 7) is 4.37. The molecule has 1 heterocycles. The van der Waals surface area contributed by atoms with Crippen molar-refractivity contribution in [3.8, 4) is 0 Å². The molecule has 0 aliphatic heterocycles. The lowest BCUT2D eigenvalue weighted by atomic mass is 10.1. The number of carbonyl (C=O) groups is 1. The van der Waals surface area contributed by atoms with Gasteiger partial charge in [-0.15, -0.1) is 0 Å². The van der Waals surface area contributed by atoms with Gasteiger partial charge in [0, 0.05) is 30.5 Å². The topological polar surface area (TPSA) is 72.9 Å². The van der Waals surface area contributed by atoms with Crippen molar-refractivity contribution in [2.45, 2.75) is 20.4 Å². The van der Waals surface area contributed by atoms with Gasteiger partial charge in [-0.25, -0.2) is 0 Å². The summed E-state index contributed by atoms with van der Waals surface area (Å²) < 4.78 is 2.44. The van der Waals surface area contributed by atoms with E-state index < -0.39 is 0 Å². The summed E-state index contributed by atoms with van der Waals surface area (Å²) in [6.07, 6.45) is 0. The minimum atomic E-state index is -0.160. The second kappa shape index (κ2) is 5.66. The van der Waals surface area contributed by atoms with Gasteiger partial charge in [-0.3, -0.25) is 9.48 Å². The van der Waals surface area contributed by atoms with E-state index in [4.69, 9.17) is 5.73 Å². The van der Waals surface area contributed by atoms with E-state index in [1.54, 1.807) is 18.2 Å². The summed E-state index contributed by atoms with van der Waals surface area (Å²) in [5, 5.41) is 7.23. The van der Waals surface area contributed by atoms with Gasteiger partial charge >= 0.3 is 0 Å². The van der Waals surface area contributed by atoms with Gasteiger partial charge in [-0.1, -0.05) is 6.07 Å². The van der Waals surface area contributed by atoms with Gasteiger partial charge in [0.15, 0.2) is 0 Å². The number of nitrogens with zero attached hydrogens (tertiary/aromatic N) is 2. The normalized spacial score (nSPS) is 10.6. The number of nitrogens with two attached hydrogens (primary N) is 1. The number of rotatable bonds is 3. The first-order chi connectivity index (χ1) is 9.41. The van der Waals surface area contributed by atoms with Crippen LogP contribution in [0.5, 0.6) is 0 Å².